The molecule has 0 aliphatic carbocycles. The molecule has 20 heavy (non-hydrogen) atoms. The molecule has 2 heterocycles. The van der Waals surface area contributed by atoms with E-state index in [4.69, 9.17) is 28.9 Å². The topological polar surface area (TPSA) is 56.7 Å². The molecule has 2 N–H and O–H groups in total. The van der Waals surface area contributed by atoms with E-state index in [-0.39, 0.29) is 0 Å². The van der Waals surface area contributed by atoms with Crippen LogP contribution in [0.25, 0.3) is 16.9 Å². The molecule has 3 aromatic rings. The van der Waals surface area contributed by atoms with Crippen molar-refractivity contribution in [3.05, 3.63) is 59.1 Å². The summed E-state index contributed by atoms with van der Waals surface area (Å²) in [6, 6.07) is 8.92. The minimum Gasteiger partial charge on any atom is -0.384 e. The predicted molar refractivity (Wildman–Crippen MR) is 81.2 cm³/mol. The Kier molecular flexibility index (Phi) is 3.34. The van der Waals surface area contributed by atoms with Gasteiger partial charge in [0.05, 0.1) is 28.9 Å². The third-order valence-electron chi connectivity index (χ3n) is 2.89. The number of pyridine rings is 1. The van der Waals surface area contributed by atoms with E-state index in [1.165, 1.54) is 0 Å². The van der Waals surface area contributed by atoms with E-state index in [0.29, 0.717) is 15.9 Å². The van der Waals surface area contributed by atoms with Crippen molar-refractivity contribution in [2.75, 3.05) is 5.73 Å². The van der Waals surface area contributed by atoms with Crippen molar-refractivity contribution in [2.24, 2.45) is 0 Å². The zero-order valence-corrected chi connectivity index (χ0v) is 11.8. The Labute approximate surface area is 125 Å². The second-order valence-corrected chi connectivity index (χ2v) is 5.06. The monoisotopic (exact) mass is 304 g/mol. The highest BCUT2D eigenvalue weighted by Crippen LogP contribution is 2.29. The summed E-state index contributed by atoms with van der Waals surface area (Å²) in [6.07, 6.45) is 5.12. The number of imidazole rings is 1. The Bertz CT molecular complexity index is 750. The number of hydrogen-bond donors (Lipinski definition) is 1. The third kappa shape index (κ3) is 2.35. The van der Waals surface area contributed by atoms with Gasteiger partial charge in [0.1, 0.15) is 5.82 Å². The number of aromatic nitrogens is 3. The van der Waals surface area contributed by atoms with Crippen molar-refractivity contribution < 1.29 is 0 Å². The van der Waals surface area contributed by atoms with Crippen molar-refractivity contribution in [1.29, 1.82) is 0 Å². The maximum atomic E-state index is 6.23. The molecule has 1 aromatic carbocycles. The number of halogens is 2. The Balaban J connectivity index is 2.15. The van der Waals surface area contributed by atoms with Gasteiger partial charge in [0.2, 0.25) is 0 Å². The van der Waals surface area contributed by atoms with Crippen LogP contribution in [0.3, 0.4) is 0 Å². The molecule has 2 aromatic heterocycles. The molecule has 6 heteroatoms. The molecule has 0 amide bonds. The Morgan fingerprint density at radius 1 is 1.05 bits per heavy atom. The van der Waals surface area contributed by atoms with Crippen LogP contribution in [0.5, 0.6) is 0 Å². The SMILES string of the molecule is Nc1ccc(-c2cncn2-c2cc(Cl)ccc2Cl)cn1. The lowest BCUT2D eigenvalue weighted by molar-refractivity contribution is 1.06. The molecule has 0 atom stereocenters. The number of benzene rings is 1. The Morgan fingerprint density at radius 2 is 1.90 bits per heavy atom. The van der Waals surface area contributed by atoms with Crippen LogP contribution in [0.4, 0.5) is 5.82 Å². The second kappa shape index (κ2) is 5.15. The first kappa shape index (κ1) is 13.0. The Morgan fingerprint density at radius 3 is 2.65 bits per heavy atom. The fourth-order valence-corrected chi connectivity index (χ4v) is 2.30. The molecular formula is C14H10Cl2N4. The van der Waals surface area contributed by atoms with Gasteiger partial charge in [-0.05, 0) is 30.3 Å². The summed E-state index contributed by atoms with van der Waals surface area (Å²) >= 11 is 12.3. The zero-order valence-electron chi connectivity index (χ0n) is 10.3. The predicted octanol–water partition coefficient (Wildman–Crippen LogP) is 3.82. The van der Waals surface area contributed by atoms with Crippen LogP contribution in [-0.2, 0) is 0 Å². The minimum atomic E-state index is 0.473. The lowest BCUT2D eigenvalue weighted by atomic mass is 10.2. The van der Waals surface area contributed by atoms with Gasteiger partial charge in [-0.1, -0.05) is 23.2 Å². The first-order valence-corrected chi connectivity index (χ1v) is 6.60. The summed E-state index contributed by atoms with van der Waals surface area (Å²) in [5.74, 6) is 0.473. The van der Waals surface area contributed by atoms with Gasteiger partial charge in [0, 0.05) is 16.8 Å². The molecule has 0 aliphatic heterocycles. The third-order valence-corrected chi connectivity index (χ3v) is 3.44. The van der Waals surface area contributed by atoms with Gasteiger partial charge in [0.25, 0.3) is 0 Å². The standard InChI is InChI=1S/C14H10Cl2N4/c15-10-2-3-11(16)12(5-10)20-8-18-7-13(20)9-1-4-14(17)19-6-9/h1-8H,(H2,17,19). The van der Waals surface area contributed by atoms with Crippen LogP contribution < -0.4 is 5.73 Å². The first-order valence-electron chi connectivity index (χ1n) is 5.85. The summed E-state index contributed by atoms with van der Waals surface area (Å²) in [5, 5.41) is 1.21. The van der Waals surface area contributed by atoms with Gasteiger partial charge in [-0.25, -0.2) is 9.97 Å². The number of nitrogens with two attached hydrogens (primary N) is 1. The summed E-state index contributed by atoms with van der Waals surface area (Å²) < 4.78 is 1.86. The van der Waals surface area contributed by atoms with Crippen LogP contribution in [0.2, 0.25) is 10.0 Å². The van der Waals surface area contributed by atoms with Crippen molar-refractivity contribution >= 4 is 29.0 Å². The molecule has 0 radical (unpaired) electrons. The first-order chi connectivity index (χ1) is 9.65. The second-order valence-electron chi connectivity index (χ2n) is 4.22. The number of hydrogen-bond acceptors (Lipinski definition) is 3. The fraction of sp³-hybridized carbons (Fsp3) is 0. The van der Waals surface area contributed by atoms with E-state index in [9.17, 15) is 0 Å². The molecule has 0 saturated heterocycles. The molecule has 4 nitrogen and oxygen atoms in total. The molecule has 0 unspecified atom stereocenters. The minimum absolute atomic E-state index is 0.473. The fourth-order valence-electron chi connectivity index (χ4n) is 1.93. The van der Waals surface area contributed by atoms with Gasteiger partial charge in [-0.3, -0.25) is 4.57 Å². The average molecular weight is 305 g/mol. The van der Waals surface area contributed by atoms with E-state index in [0.717, 1.165) is 16.9 Å². The van der Waals surface area contributed by atoms with Gasteiger partial charge >= 0.3 is 0 Å². The highest BCUT2D eigenvalue weighted by molar-refractivity contribution is 6.34. The molecule has 0 bridgehead atoms. The highest BCUT2D eigenvalue weighted by Gasteiger charge is 2.10. The number of nitrogen functional groups attached to an aromatic ring is 1. The van der Waals surface area contributed by atoms with Crippen LogP contribution in [-0.4, -0.2) is 14.5 Å². The quantitative estimate of drug-likeness (QED) is 0.783. The lowest BCUT2D eigenvalue weighted by Crippen LogP contribution is -1.97. The average Bonchev–Trinajstić information content (AvgIpc) is 2.91. The van der Waals surface area contributed by atoms with E-state index in [1.807, 2.05) is 10.6 Å². The van der Waals surface area contributed by atoms with E-state index >= 15 is 0 Å². The smallest absolute Gasteiger partial charge is 0.123 e. The summed E-state index contributed by atoms with van der Waals surface area (Å²) in [5.41, 5.74) is 8.13. The van der Waals surface area contributed by atoms with Crippen LogP contribution in [0.1, 0.15) is 0 Å². The van der Waals surface area contributed by atoms with Crippen LogP contribution >= 0.6 is 23.2 Å². The van der Waals surface area contributed by atoms with Gasteiger partial charge < -0.3 is 5.73 Å². The maximum absolute atomic E-state index is 6.23. The van der Waals surface area contributed by atoms with Gasteiger partial charge in [-0.15, -0.1) is 0 Å². The van der Waals surface area contributed by atoms with Crippen molar-refractivity contribution in [1.82, 2.24) is 14.5 Å². The number of anilines is 1. The van der Waals surface area contributed by atoms with E-state index < -0.39 is 0 Å². The molecule has 3 rings (SSSR count). The van der Waals surface area contributed by atoms with Crippen LogP contribution in [0, 0.1) is 0 Å². The van der Waals surface area contributed by atoms with E-state index in [1.54, 1.807) is 43.0 Å². The molecule has 0 fully saturated rings. The zero-order chi connectivity index (χ0) is 14.1. The van der Waals surface area contributed by atoms with E-state index in [2.05, 4.69) is 9.97 Å². The largest absolute Gasteiger partial charge is 0.384 e. The van der Waals surface area contributed by atoms with Crippen molar-refractivity contribution in [3.8, 4) is 16.9 Å². The van der Waals surface area contributed by atoms with Gasteiger partial charge in [-0.2, -0.15) is 0 Å². The molecule has 0 spiro atoms. The van der Waals surface area contributed by atoms with Crippen molar-refractivity contribution in [2.45, 2.75) is 0 Å². The van der Waals surface area contributed by atoms with Crippen LogP contribution in [0.15, 0.2) is 49.1 Å². The maximum Gasteiger partial charge on any atom is 0.123 e. The number of rotatable bonds is 2. The summed E-state index contributed by atoms with van der Waals surface area (Å²) in [7, 11) is 0. The molecule has 100 valence electrons. The summed E-state index contributed by atoms with van der Waals surface area (Å²) in [4.78, 5) is 8.26. The Hall–Kier alpha value is -2.04. The summed E-state index contributed by atoms with van der Waals surface area (Å²) in [6.45, 7) is 0. The normalized spacial score (nSPS) is 10.7. The van der Waals surface area contributed by atoms with Gasteiger partial charge in [0.15, 0.2) is 0 Å². The molecule has 0 saturated carbocycles. The number of nitrogens with zero attached hydrogens (tertiary/aromatic N) is 3. The molecular weight excluding hydrogens is 295 g/mol. The molecule has 0 aliphatic rings. The van der Waals surface area contributed by atoms with Crippen molar-refractivity contribution in [3.63, 3.8) is 0 Å². The highest BCUT2D eigenvalue weighted by atomic mass is 35.5. The lowest BCUT2D eigenvalue weighted by Gasteiger charge is -2.10.